The van der Waals surface area contributed by atoms with Crippen LogP contribution in [-0.4, -0.2) is 25.6 Å². The van der Waals surface area contributed by atoms with Gasteiger partial charge in [-0.05, 0) is 94.5 Å². The Morgan fingerprint density at radius 3 is 1.10 bits per heavy atom. The SMILES string of the molecule is CCCCc1ccc(-c2ccc(C(F)(F)c3c(COCC(F)(F)F)ccc(Oc4ccc(COCC(F)(F)F)c(C(F)(F)c5ccc(-c6ccc(CCCC)cc6F)cc5)c4Cc4ccccc4)c3Cc3ccccc3)cc2)c(F)c1. The van der Waals surface area contributed by atoms with Gasteiger partial charge in [-0.15, -0.1) is 0 Å². The van der Waals surface area contributed by atoms with Crippen LogP contribution in [0.5, 0.6) is 11.5 Å². The van der Waals surface area contributed by atoms with Gasteiger partial charge in [-0.3, -0.25) is 0 Å². The molecule has 0 atom stereocenters. The molecule has 8 aromatic carbocycles. The second kappa shape index (κ2) is 26.0. The highest BCUT2D eigenvalue weighted by Crippen LogP contribution is 2.49. The Morgan fingerprint density at radius 2 is 0.765 bits per heavy atom. The highest BCUT2D eigenvalue weighted by atomic mass is 19.4. The summed E-state index contributed by atoms with van der Waals surface area (Å²) in [5.74, 6) is -9.90. The number of halogens is 12. The monoisotopic (exact) mass is 1130 g/mol. The first-order valence-electron chi connectivity index (χ1n) is 26.5. The minimum atomic E-state index is -4.84. The van der Waals surface area contributed by atoms with Crippen LogP contribution in [-0.2, 0) is 60.2 Å². The number of hydrogen-bond donors (Lipinski definition) is 0. The van der Waals surface area contributed by atoms with Gasteiger partial charge in [-0.2, -0.15) is 43.9 Å². The quantitative estimate of drug-likeness (QED) is 0.0565. The molecule has 424 valence electrons. The van der Waals surface area contributed by atoms with Gasteiger partial charge in [0.2, 0.25) is 0 Å². The smallest absolute Gasteiger partial charge is 0.411 e. The van der Waals surface area contributed by atoms with Crippen molar-refractivity contribution in [3.8, 4) is 33.8 Å². The van der Waals surface area contributed by atoms with E-state index in [2.05, 4.69) is 0 Å². The van der Waals surface area contributed by atoms with Crippen molar-refractivity contribution in [3.05, 3.63) is 248 Å². The van der Waals surface area contributed by atoms with Crippen LogP contribution in [0.25, 0.3) is 22.3 Å². The van der Waals surface area contributed by atoms with Crippen LogP contribution < -0.4 is 4.74 Å². The first kappa shape index (κ1) is 59.8. The lowest BCUT2D eigenvalue weighted by Crippen LogP contribution is -2.23. The average Bonchev–Trinajstić information content (AvgIpc) is 3.60. The lowest BCUT2D eigenvalue weighted by atomic mass is 9.86. The molecule has 81 heavy (non-hydrogen) atoms. The van der Waals surface area contributed by atoms with Crippen molar-refractivity contribution in [1.29, 1.82) is 0 Å². The molecule has 0 spiro atoms. The van der Waals surface area contributed by atoms with Gasteiger partial charge < -0.3 is 14.2 Å². The average molecular weight is 1130 g/mol. The summed E-state index contributed by atoms with van der Waals surface area (Å²) in [6, 6.07) is 40.0. The number of rotatable bonds is 24. The van der Waals surface area contributed by atoms with Gasteiger partial charge in [-0.1, -0.05) is 172 Å². The molecule has 0 aliphatic rings. The lowest BCUT2D eigenvalue weighted by molar-refractivity contribution is -0.177. The number of unbranched alkanes of at least 4 members (excludes halogenated alkanes) is 2. The Bertz CT molecular complexity index is 3130. The molecule has 0 aliphatic heterocycles. The maximum absolute atomic E-state index is 17.9. The zero-order valence-corrected chi connectivity index (χ0v) is 44.4. The van der Waals surface area contributed by atoms with E-state index < -0.39 is 84.5 Å². The van der Waals surface area contributed by atoms with Crippen molar-refractivity contribution in [2.75, 3.05) is 13.2 Å². The maximum Gasteiger partial charge on any atom is 0.411 e. The Morgan fingerprint density at radius 1 is 0.395 bits per heavy atom. The highest BCUT2D eigenvalue weighted by Gasteiger charge is 2.43. The fourth-order valence-electron chi connectivity index (χ4n) is 9.86. The van der Waals surface area contributed by atoms with Crippen molar-refractivity contribution >= 4 is 0 Å². The van der Waals surface area contributed by atoms with Gasteiger partial charge in [0.05, 0.1) is 13.2 Å². The van der Waals surface area contributed by atoms with Crippen molar-refractivity contribution in [2.45, 2.75) is 103 Å². The van der Waals surface area contributed by atoms with E-state index >= 15 is 26.3 Å². The molecule has 0 unspecified atom stereocenters. The summed E-state index contributed by atoms with van der Waals surface area (Å²) in [4.78, 5) is 0. The number of benzene rings is 8. The van der Waals surface area contributed by atoms with Crippen LogP contribution in [0.4, 0.5) is 52.7 Å². The number of aryl methyl sites for hydroxylation is 2. The summed E-state index contributed by atoms with van der Waals surface area (Å²) in [7, 11) is 0. The molecule has 8 aromatic rings. The standard InChI is InChI=1S/C66H58F12O3/c1-3-5-13-45-19-31-53(57(67)37-45)47-21-27-51(28-22-47)65(75,76)61-49(39-79-41-63(69,70)71)25-33-59(55(61)35-43-15-9-7-10-16-43)81-60-34-26-50(40-80-42-64(72,73)74)62(56(60)36-44-17-11-8-12-18-44)66(77,78)52-29-23-48(24-30-52)54-32-20-46(14-6-4-2)38-58(54)68/h7-12,15-34,37-38H,3-6,13-14,35-36,39-42H2,1-2H3. The Hall–Kier alpha value is -7.36. The maximum atomic E-state index is 17.9. The fraction of sp³-hybridized carbons (Fsp3) is 0.273. The first-order valence-corrected chi connectivity index (χ1v) is 26.5. The molecule has 0 heterocycles. The molecule has 0 fully saturated rings. The van der Waals surface area contributed by atoms with Gasteiger partial charge in [0.1, 0.15) is 36.3 Å². The Labute approximate surface area is 463 Å². The Kier molecular flexibility index (Phi) is 19.2. The van der Waals surface area contributed by atoms with E-state index in [1.54, 1.807) is 84.9 Å². The van der Waals surface area contributed by atoms with E-state index in [-0.39, 0.29) is 68.8 Å². The van der Waals surface area contributed by atoms with E-state index in [0.717, 1.165) is 73.2 Å². The van der Waals surface area contributed by atoms with E-state index in [0.29, 0.717) is 24.0 Å². The number of ether oxygens (including phenoxy) is 3. The van der Waals surface area contributed by atoms with Crippen LogP contribution in [0.3, 0.4) is 0 Å². The van der Waals surface area contributed by atoms with E-state index in [9.17, 15) is 26.3 Å². The zero-order valence-electron chi connectivity index (χ0n) is 44.4. The highest BCUT2D eigenvalue weighted by molar-refractivity contribution is 5.67. The lowest BCUT2D eigenvalue weighted by Gasteiger charge is -2.28. The number of alkyl halides is 10. The van der Waals surface area contributed by atoms with Crippen molar-refractivity contribution < 1.29 is 66.9 Å². The topological polar surface area (TPSA) is 27.7 Å². The normalized spacial score (nSPS) is 12.3. The minimum Gasteiger partial charge on any atom is -0.457 e. The van der Waals surface area contributed by atoms with E-state index in [4.69, 9.17) is 14.2 Å². The van der Waals surface area contributed by atoms with Crippen molar-refractivity contribution in [3.63, 3.8) is 0 Å². The minimum absolute atomic E-state index is 0.149. The summed E-state index contributed by atoms with van der Waals surface area (Å²) < 4.78 is 201. The molecular formula is C66H58F12O3. The summed E-state index contributed by atoms with van der Waals surface area (Å²) in [5.41, 5.74) is -0.940. The van der Waals surface area contributed by atoms with Crippen LogP contribution in [0.15, 0.2) is 170 Å². The predicted molar refractivity (Wildman–Crippen MR) is 290 cm³/mol. The summed E-state index contributed by atoms with van der Waals surface area (Å²) in [5, 5.41) is 0. The fourth-order valence-corrected chi connectivity index (χ4v) is 9.86. The second-order valence-electron chi connectivity index (χ2n) is 19.9. The van der Waals surface area contributed by atoms with Crippen molar-refractivity contribution in [2.24, 2.45) is 0 Å². The Balaban J connectivity index is 1.29. The van der Waals surface area contributed by atoms with Gasteiger partial charge in [0.25, 0.3) is 11.8 Å². The molecule has 0 N–H and O–H groups in total. The molecule has 0 saturated carbocycles. The van der Waals surface area contributed by atoms with Crippen LogP contribution in [0.2, 0.25) is 0 Å². The molecule has 8 rings (SSSR count). The third kappa shape index (κ3) is 15.2. The van der Waals surface area contributed by atoms with Gasteiger partial charge in [0.15, 0.2) is 0 Å². The summed E-state index contributed by atoms with van der Waals surface area (Å²) in [6.07, 6.45) is -5.63. The van der Waals surface area contributed by atoms with Crippen LogP contribution >= 0.6 is 0 Å². The summed E-state index contributed by atoms with van der Waals surface area (Å²) in [6.45, 7) is -1.48. The molecule has 0 aromatic heterocycles. The number of hydrogen-bond acceptors (Lipinski definition) is 3. The molecular weight excluding hydrogens is 1070 g/mol. The molecule has 15 heteroatoms. The first-order chi connectivity index (χ1) is 38.6. The van der Waals surface area contributed by atoms with E-state index in [1.807, 2.05) is 13.8 Å². The van der Waals surface area contributed by atoms with Gasteiger partial charge in [-0.25, -0.2) is 8.78 Å². The molecule has 3 nitrogen and oxygen atoms in total. The van der Waals surface area contributed by atoms with Gasteiger partial charge in [0, 0.05) is 57.3 Å². The van der Waals surface area contributed by atoms with Crippen LogP contribution in [0.1, 0.15) is 106 Å². The molecule has 0 saturated heterocycles. The van der Waals surface area contributed by atoms with Crippen molar-refractivity contribution in [1.82, 2.24) is 0 Å². The third-order valence-corrected chi connectivity index (χ3v) is 13.9. The largest absolute Gasteiger partial charge is 0.457 e. The molecule has 0 aliphatic carbocycles. The van der Waals surface area contributed by atoms with E-state index in [1.165, 1.54) is 48.5 Å². The second-order valence-corrected chi connectivity index (χ2v) is 19.9. The molecule has 0 amide bonds. The van der Waals surface area contributed by atoms with Crippen LogP contribution in [0, 0.1) is 11.6 Å². The third-order valence-electron chi connectivity index (χ3n) is 13.9. The predicted octanol–water partition coefficient (Wildman–Crippen LogP) is 19.4. The van der Waals surface area contributed by atoms with Gasteiger partial charge >= 0.3 is 12.4 Å². The molecule has 0 bridgehead atoms. The zero-order chi connectivity index (χ0) is 58.0. The molecule has 0 radical (unpaired) electrons. The summed E-state index contributed by atoms with van der Waals surface area (Å²) >= 11 is 0.